The Kier molecular flexibility index (Phi) is 5.85. The second-order valence-electron chi connectivity index (χ2n) is 6.52. The number of nitrogens with one attached hydrogen (secondary N) is 1. The lowest BCUT2D eigenvalue weighted by Gasteiger charge is -2.07. The van der Waals surface area contributed by atoms with Crippen LogP contribution in [0.4, 0.5) is 10.1 Å². The van der Waals surface area contributed by atoms with E-state index in [9.17, 15) is 9.18 Å². The smallest absolute Gasteiger partial charge is 0.255 e. The van der Waals surface area contributed by atoms with E-state index in [1.807, 2.05) is 35.9 Å². The summed E-state index contributed by atoms with van der Waals surface area (Å²) in [6.45, 7) is 0. The van der Waals surface area contributed by atoms with Gasteiger partial charge in [-0.2, -0.15) is 0 Å². The van der Waals surface area contributed by atoms with Crippen molar-refractivity contribution < 1.29 is 9.18 Å². The molecule has 0 saturated carbocycles. The summed E-state index contributed by atoms with van der Waals surface area (Å²) in [6, 6.07) is 17.1. The molecule has 0 bridgehead atoms. The van der Waals surface area contributed by atoms with Gasteiger partial charge < -0.3 is 9.88 Å². The number of benzene rings is 2. The predicted molar refractivity (Wildman–Crippen MR) is 115 cm³/mol. The molecule has 2 aromatic heterocycles. The number of para-hydroxylation sites is 1. The second kappa shape index (κ2) is 8.87. The van der Waals surface area contributed by atoms with E-state index >= 15 is 0 Å². The summed E-state index contributed by atoms with van der Waals surface area (Å²) < 4.78 is 15.6. The number of hydrogen-bond acceptors (Lipinski definition) is 5. The Balaban J connectivity index is 1.39. The van der Waals surface area contributed by atoms with E-state index < -0.39 is 5.82 Å². The molecular weight excluding hydrogens is 401 g/mol. The maximum atomic E-state index is 13.7. The van der Waals surface area contributed by atoms with Crippen LogP contribution in [-0.2, 0) is 12.8 Å². The Bertz CT molecular complexity index is 1160. The number of nitrogens with zero attached hydrogens (tertiary/aromatic N) is 4. The summed E-state index contributed by atoms with van der Waals surface area (Å²) in [5.41, 5.74) is 2.62. The van der Waals surface area contributed by atoms with Crippen LogP contribution in [0, 0.1) is 5.82 Å². The van der Waals surface area contributed by atoms with Gasteiger partial charge in [0.05, 0.1) is 5.69 Å². The van der Waals surface area contributed by atoms with Gasteiger partial charge in [0.1, 0.15) is 5.82 Å². The molecule has 0 aliphatic heterocycles. The Morgan fingerprint density at radius 1 is 1.03 bits per heavy atom. The fourth-order valence-electron chi connectivity index (χ4n) is 2.85. The van der Waals surface area contributed by atoms with Crippen molar-refractivity contribution in [1.29, 1.82) is 0 Å². The van der Waals surface area contributed by atoms with E-state index in [0.717, 1.165) is 22.1 Å². The Hall–Kier alpha value is -3.52. The minimum atomic E-state index is -0.464. The van der Waals surface area contributed by atoms with Crippen LogP contribution in [0.25, 0.3) is 11.4 Å². The third-order valence-corrected chi connectivity index (χ3v) is 5.57. The van der Waals surface area contributed by atoms with Crippen molar-refractivity contribution in [3.63, 3.8) is 0 Å². The number of hydrogen-bond donors (Lipinski definition) is 1. The molecule has 4 aromatic rings. The van der Waals surface area contributed by atoms with E-state index in [4.69, 9.17) is 0 Å². The third kappa shape index (κ3) is 4.38. The first kappa shape index (κ1) is 19.8. The molecule has 0 unspecified atom stereocenters. The number of halogens is 1. The van der Waals surface area contributed by atoms with Gasteiger partial charge in [0.2, 0.25) is 0 Å². The van der Waals surface area contributed by atoms with Gasteiger partial charge in [-0.1, -0.05) is 36.0 Å². The minimum Gasteiger partial charge on any atom is -0.319 e. The zero-order valence-corrected chi connectivity index (χ0v) is 16.9. The number of pyridine rings is 1. The molecule has 0 aliphatic carbocycles. The fourth-order valence-corrected chi connectivity index (χ4v) is 3.72. The molecule has 6 nitrogen and oxygen atoms in total. The number of amides is 1. The lowest BCUT2D eigenvalue weighted by atomic mass is 10.1. The molecule has 0 radical (unpaired) electrons. The SMILES string of the molecule is Cn1c(SCc2ccc(C(=O)Nc3ccccc3F)cc2)nnc1-c1ccncc1. The van der Waals surface area contributed by atoms with E-state index in [1.165, 1.54) is 12.1 Å². The van der Waals surface area contributed by atoms with Crippen molar-refractivity contribution in [2.24, 2.45) is 7.05 Å². The van der Waals surface area contributed by atoms with Gasteiger partial charge >= 0.3 is 0 Å². The normalized spacial score (nSPS) is 10.7. The molecule has 0 saturated heterocycles. The summed E-state index contributed by atoms with van der Waals surface area (Å²) in [4.78, 5) is 16.4. The van der Waals surface area contributed by atoms with E-state index in [-0.39, 0.29) is 11.6 Å². The van der Waals surface area contributed by atoms with Crippen molar-refractivity contribution in [3.8, 4) is 11.4 Å². The monoisotopic (exact) mass is 419 g/mol. The van der Waals surface area contributed by atoms with Gasteiger partial charge in [0.15, 0.2) is 11.0 Å². The van der Waals surface area contributed by atoms with Gasteiger partial charge in [-0.05, 0) is 42.0 Å². The highest BCUT2D eigenvalue weighted by Gasteiger charge is 2.12. The number of carbonyl (C=O) groups excluding carboxylic acids is 1. The Morgan fingerprint density at radius 2 is 1.77 bits per heavy atom. The van der Waals surface area contributed by atoms with Gasteiger partial charge in [0, 0.05) is 36.3 Å². The first-order chi connectivity index (χ1) is 14.6. The number of thioether (sulfide) groups is 1. The topological polar surface area (TPSA) is 72.7 Å². The van der Waals surface area contributed by atoms with E-state index in [2.05, 4.69) is 20.5 Å². The van der Waals surface area contributed by atoms with Crippen molar-refractivity contribution in [2.45, 2.75) is 10.9 Å². The molecule has 30 heavy (non-hydrogen) atoms. The molecule has 0 atom stereocenters. The molecular formula is C22H18FN5OS. The lowest BCUT2D eigenvalue weighted by Crippen LogP contribution is -2.12. The Morgan fingerprint density at radius 3 is 2.50 bits per heavy atom. The molecule has 150 valence electrons. The maximum Gasteiger partial charge on any atom is 0.255 e. The Labute approximate surface area is 177 Å². The second-order valence-corrected chi connectivity index (χ2v) is 7.46. The van der Waals surface area contributed by atoms with Crippen LogP contribution in [0.15, 0.2) is 78.2 Å². The number of carbonyl (C=O) groups is 1. The van der Waals surface area contributed by atoms with Gasteiger partial charge in [-0.25, -0.2) is 4.39 Å². The van der Waals surface area contributed by atoms with Gasteiger partial charge in [-0.15, -0.1) is 10.2 Å². The highest BCUT2D eigenvalue weighted by atomic mass is 32.2. The first-order valence-corrected chi connectivity index (χ1v) is 10.2. The molecule has 2 aromatic carbocycles. The number of rotatable bonds is 6. The standard InChI is InChI=1S/C22H18FN5OS/c1-28-20(16-10-12-24-13-11-16)26-27-22(28)30-14-15-6-8-17(9-7-15)21(29)25-19-5-3-2-4-18(19)23/h2-13H,14H2,1H3,(H,25,29). The molecule has 2 heterocycles. The van der Waals surface area contributed by atoms with Gasteiger partial charge in [-0.3, -0.25) is 9.78 Å². The lowest BCUT2D eigenvalue weighted by molar-refractivity contribution is 0.102. The molecule has 8 heteroatoms. The largest absolute Gasteiger partial charge is 0.319 e. The van der Waals surface area contributed by atoms with Crippen molar-refractivity contribution in [2.75, 3.05) is 5.32 Å². The van der Waals surface area contributed by atoms with Crippen LogP contribution in [-0.4, -0.2) is 25.7 Å². The number of anilines is 1. The zero-order valence-electron chi connectivity index (χ0n) is 16.1. The van der Waals surface area contributed by atoms with Crippen LogP contribution in [0.2, 0.25) is 0 Å². The molecule has 1 amide bonds. The molecule has 0 fully saturated rings. The molecule has 0 aliphatic rings. The summed E-state index contributed by atoms with van der Waals surface area (Å²) in [5.74, 6) is 0.640. The van der Waals surface area contributed by atoms with Crippen LogP contribution in [0.1, 0.15) is 15.9 Å². The summed E-state index contributed by atoms with van der Waals surface area (Å²) in [5, 5.41) is 11.9. The summed E-state index contributed by atoms with van der Waals surface area (Å²) in [7, 11) is 1.92. The maximum absolute atomic E-state index is 13.7. The van der Waals surface area contributed by atoms with Gasteiger partial charge in [0.25, 0.3) is 5.91 Å². The van der Waals surface area contributed by atoms with Crippen molar-refractivity contribution in [1.82, 2.24) is 19.7 Å². The third-order valence-electron chi connectivity index (χ3n) is 4.48. The average Bonchev–Trinajstić information content (AvgIpc) is 3.15. The van der Waals surface area contributed by atoms with E-state index in [1.54, 1.807) is 48.4 Å². The molecule has 4 rings (SSSR count). The minimum absolute atomic E-state index is 0.161. The van der Waals surface area contributed by atoms with Crippen molar-refractivity contribution in [3.05, 3.63) is 90.0 Å². The average molecular weight is 419 g/mol. The highest BCUT2D eigenvalue weighted by Crippen LogP contribution is 2.25. The summed E-state index contributed by atoms with van der Waals surface area (Å²) in [6.07, 6.45) is 3.45. The van der Waals surface area contributed by atoms with Crippen LogP contribution >= 0.6 is 11.8 Å². The summed E-state index contributed by atoms with van der Waals surface area (Å²) >= 11 is 1.56. The predicted octanol–water partition coefficient (Wildman–Crippen LogP) is 4.56. The highest BCUT2D eigenvalue weighted by molar-refractivity contribution is 7.98. The quantitative estimate of drug-likeness (QED) is 0.464. The molecule has 1 N–H and O–H groups in total. The van der Waals surface area contributed by atoms with Crippen LogP contribution in [0.3, 0.4) is 0 Å². The number of aromatic nitrogens is 4. The van der Waals surface area contributed by atoms with Crippen molar-refractivity contribution >= 4 is 23.4 Å². The first-order valence-electron chi connectivity index (χ1n) is 9.19. The van der Waals surface area contributed by atoms with E-state index in [0.29, 0.717) is 11.3 Å². The molecule has 0 spiro atoms. The fraction of sp³-hybridized carbons (Fsp3) is 0.0909. The van der Waals surface area contributed by atoms with Crippen LogP contribution < -0.4 is 5.32 Å². The zero-order chi connectivity index (χ0) is 20.9. The van der Waals surface area contributed by atoms with Crippen LogP contribution in [0.5, 0.6) is 0 Å².